The second kappa shape index (κ2) is 9.90. The smallest absolute Gasteiger partial charge is 0.388 e. The third-order valence-corrected chi connectivity index (χ3v) is 7.26. The summed E-state index contributed by atoms with van der Waals surface area (Å²) in [4.78, 5) is 7.33. The van der Waals surface area contributed by atoms with Gasteiger partial charge in [0.05, 0.1) is 27.3 Å². The molecule has 0 fully saturated rings. The first-order valence-corrected chi connectivity index (χ1v) is 13.0. The fourth-order valence-corrected chi connectivity index (χ4v) is 5.19. The molecule has 0 N–H and O–H groups in total. The number of aliphatic imine (C=N–C) groups is 1. The Kier molecular flexibility index (Phi) is 6.26. The Hall–Kier alpha value is -4.66. The summed E-state index contributed by atoms with van der Waals surface area (Å²) in [5, 5.41) is 11.9. The number of methoxy groups -OCH3 is 2. The highest BCUT2D eigenvalue weighted by molar-refractivity contribution is 6.03. The van der Waals surface area contributed by atoms with Crippen LogP contribution < -0.4 is 14.0 Å². The quantitative estimate of drug-likeness (QED) is 0.333. The van der Waals surface area contributed by atoms with Crippen molar-refractivity contribution in [2.75, 3.05) is 14.2 Å². The van der Waals surface area contributed by atoms with E-state index in [2.05, 4.69) is 52.8 Å². The number of ether oxygens (including phenoxy) is 2. The second-order valence-corrected chi connectivity index (χ2v) is 9.78. The van der Waals surface area contributed by atoms with Crippen molar-refractivity contribution in [1.82, 2.24) is 19.7 Å². The fraction of sp³-hybridized carbons (Fsp3) is 0.267. The topological polar surface area (TPSA) is 71.4 Å². The van der Waals surface area contributed by atoms with Gasteiger partial charge >= 0.3 is 5.95 Å². The van der Waals surface area contributed by atoms with Crippen molar-refractivity contribution in [2.24, 2.45) is 10.1 Å². The molecule has 3 aromatic carbocycles. The number of hydrogen-bond acceptors (Lipinski definition) is 7. The van der Waals surface area contributed by atoms with E-state index in [1.807, 2.05) is 59.9 Å². The average Bonchev–Trinajstić information content (AvgIpc) is 3.43. The van der Waals surface area contributed by atoms with Crippen molar-refractivity contribution >= 4 is 17.7 Å². The third kappa shape index (κ3) is 4.29. The summed E-state index contributed by atoms with van der Waals surface area (Å²) in [7, 11) is 3.40. The number of para-hydroxylation sites is 2. The number of benzene rings is 3. The van der Waals surface area contributed by atoms with E-state index in [0.717, 1.165) is 51.8 Å². The Labute approximate surface area is 228 Å². The van der Waals surface area contributed by atoms with Crippen molar-refractivity contribution in [1.29, 1.82) is 0 Å². The van der Waals surface area contributed by atoms with Crippen LogP contribution in [0.5, 0.6) is 11.5 Å². The number of aromatic nitrogens is 3. The summed E-state index contributed by atoms with van der Waals surface area (Å²) in [6.07, 6.45) is -0.289. The highest BCUT2D eigenvalue weighted by Gasteiger charge is 2.46. The van der Waals surface area contributed by atoms with Gasteiger partial charge in [-0.05, 0) is 31.1 Å². The van der Waals surface area contributed by atoms with Crippen LogP contribution in [-0.2, 0) is 13.1 Å². The van der Waals surface area contributed by atoms with Gasteiger partial charge in [0.25, 0.3) is 5.96 Å². The van der Waals surface area contributed by atoms with Gasteiger partial charge in [0.2, 0.25) is 12.0 Å². The molecule has 1 atom stereocenters. The lowest BCUT2D eigenvalue weighted by atomic mass is 10.1. The first kappa shape index (κ1) is 24.7. The highest BCUT2D eigenvalue weighted by atomic mass is 16.5. The minimum absolute atomic E-state index is 0.289. The molecule has 0 saturated heterocycles. The lowest BCUT2D eigenvalue weighted by Crippen LogP contribution is -2.45. The average molecular weight is 523 g/mol. The molecule has 0 radical (unpaired) electrons. The zero-order valence-corrected chi connectivity index (χ0v) is 22.9. The molecular formula is C30H32N7O2+. The van der Waals surface area contributed by atoms with Crippen LogP contribution in [0, 0.1) is 13.8 Å². The molecular weight excluding hydrogens is 490 g/mol. The Morgan fingerprint density at radius 3 is 2.15 bits per heavy atom. The number of rotatable bonds is 7. The normalized spacial score (nSPS) is 16.0. The molecule has 3 heterocycles. The SMILES string of the molecule is COc1ccccc1CN1C(C)=NN2C1=Nc1n(nc(C)[n+]1Cc1ccccc1OC)C2c1ccc(C)cc1. The summed E-state index contributed by atoms with van der Waals surface area (Å²) in [5.74, 6) is 4.89. The lowest BCUT2D eigenvalue weighted by molar-refractivity contribution is -0.682. The molecule has 0 saturated carbocycles. The van der Waals surface area contributed by atoms with E-state index in [4.69, 9.17) is 24.7 Å². The molecule has 2 aliphatic heterocycles. The number of amidine groups is 1. The minimum atomic E-state index is -0.289. The number of hydrogen-bond donors (Lipinski definition) is 0. The molecule has 9 nitrogen and oxygen atoms in total. The van der Waals surface area contributed by atoms with E-state index in [0.29, 0.717) is 13.1 Å². The summed E-state index contributed by atoms with van der Waals surface area (Å²) in [6.45, 7) is 7.28. The molecule has 1 aromatic heterocycles. The first-order valence-electron chi connectivity index (χ1n) is 13.0. The van der Waals surface area contributed by atoms with Gasteiger partial charge in [-0.2, -0.15) is 10.1 Å². The first-order chi connectivity index (χ1) is 19.0. The minimum Gasteiger partial charge on any atom is -0.496 e. The van der Waals surface area contributed by atoms with Gasteiger partial charge in [0.1, 0.15) is 17.3 Å². The van der Waals surface area contributed by atoms with Gasteiger partial charge in [0.15, 0.2) is 0 Å². The van der Waals surface area contributed by atoms with E-state index in [1.54, 1.807) is 14.2 Å². The van der Waals surface area contributed by atoms with Gasteiger partial charge in [0, 0.05) is 23.6 Å². The fourth-order valence-electron chi connectivity index (χ4n) is 5.19. The highest BCUT2D eigenvalue weighted by Crippen LogP contribution is 2.36. The summed E-state index contributed by atoms with van der Waals surface area (Å²) < 4.78 is 15.4. The van der Waals surface area contributed by atoms with Gasteiger partial charge in [-0.15, -0.1) is 0 Å². The second-order valence-electron chi connectivity index (χ2n) is 9.78. The molecule has 198 valence electrons. The van der Waals surface area contributed by atoms with E-state index < -0.39 is 0 Å². The van der Waals surface area contributed by atoms with Crippen LogP contribution in [0.25, 0.3) is 0 Å². The maximum absolute atomic E-state index is 5.65. The summed E-state index contributed by atoms with van der Waals surface area (Å²) in [5.41, 5.74) is 4.40. The molecule has 6 rings (SSSR count). The lowest BCUT2D eigenvalue weighted by Gasteiger charge is -2.28. The number of guanidine groups is 1. The standard InChI is InChI=1S/C30H32N7O2/c1-20-14-16-23(17-15-20)28-36-29(34(21(2)32-36)18-24-10-6-8-12-26(24)38-4)31-30-35(22(3)33-37(28)30)19-25-11-7-9-13-27(25)39-5/h6-17,28H,18-19H2,1-5H3/q+1. The van der Waals surface area contributed by atoms with Crippen molar-refractivity contribution < 1.29 is 14.0 Å². The van der Waals surface area contributed by atoms with Crippen LogP contribution >= 0.6 is 0 Å². The molecule has 4 aromatic rings. The van der Waals surface area contributed by atoms with Crippen LogP contribution in [-0.4, -0.2) is 45.7 Å². The monoisotopic (exact) mass is 522 g/mol. The molecule has 9 heteroatoms. The van der Waals surface area contributed by atoms with Crippen molar-refractivity contribution in [3.8, 4) is 11.5 Å². The molecule has 39 heavy (non-hydrogen) atoms. The Morgan fingerprint density at radius 2 is 1.46 bits per heavy atom. The molecule has 0 aliphatic carbocycles. The van der Waals surface area contributed by atoms with E-state index in [9.17, 15) is 0 Å². The van der Waals surface area contributed by atoms with Gasteiger partial charge in [-0.25, -0.2) is 4.57 Å². The van der Waals surface area contributed by atoms with Crippen LogP contribution in [0.2, 0.25) is 0 Å². The van der Waals surface area contributed by atoms with E-state index in [1.165, 1.54) is 5.56 Å². The predicted octanol–water partition coefficient (Wildman–Crippen LogP) is 4.55. The van der Waals surface area contributed by atoms with Crippen LogP contribution in [0.15, 0.2) is 82.9 Å². The Bertz CT molecular complexity index is 1590. The zero-order valence-electron chi connectivity index (χ0n) is 22.9. The van der Waals surface area contributed by atoms with Crippen LogP contribution in [0.1, 0.15) is 41.2 Å². The van der Waals surface area contributed by atoms with Crippen molar-refractivity contribution in [3.63, 3.8) is 0 Å². The van der Waals surface area contributed by atoms with Crippen LogP contribution in [0.4, 0.5) is 5.95 Å². The number of fused-ring (bicyclic) bond motifs is 2. The largest absolute Gasteiger partial charge is 0.496 e. The number of aryl methyl sites for hydroxylation is 2. The maximum atomic E-state index is 5.65. The third-order valence-electron chi connectivity index (χ3n) is 7.26. The predicted molar refractivity (Wildman–Crippen MR) is 149 cm³/mol. The summed E-state index contributed by atoms with van der Waals surface area (Å²) in [6, 6.07) is 24.6. The van der Waals surface area contributed by atoms with Gasteiger partial charge < -0.3 is 9.47 Å². The molecule has 0 spiro atoms. The number of hydrazone groups is 1. The number of nitrogens with zero attached hydrogens (tertiary/aromatic N) is 7. The maximum Gasteiger partial charge on any atom is 0.388 e. The summed E-state index contributed by atoms with van der Waals surface area (Å²) >= 11 is 0. The van der Waals surface area contributed by atoms with E-state index in [-0.39, 0.29) is 6.17 Å². The van der Waals surface area contributed by atoms with Crippen molar-refractivity contribution in [3.05, 3.63) is 101 Å². The molecule has 0 amide bonds. The Morgan fingerprint density at radius 1 is 0.821 bits per heavy atom. The molecule has 1 unspecified atom stereocenters. The van der Waals surface area contributed by atoms with E-state index >= 15 is 0 Å². The van der Waals surface area contributed by atoms with Gasteiger partial charge in [-0.1, -0.05) is 75.9 Å². The molecule has 0 bridgehead atoms. The van der Waals surface area contributed by atoms with Crippen molar-refractivity contribution in [2.45, 2.75) is 40.0 Å². The Balaban J connectivity index is 1.49. The molecule has 2 aliphatic rings. The van der Waals surface area contributed by atoms with Gasteiger partial charge in [-0.3, -0.25) is 4.90 Å². The van der Waals surface area contributed by atoms with Crippen LogP contribution in [0.3, 0.4) is 0 Å². The zero-order chi connectivity index (χ0) is 27.1.